The average Bonchev–Trinajstić information content (AvgIpc) is 2.86. The normalized spacial score (nSPS) is 10.1. The van der Waals surface area contributed by atoms with Crippen LogP contribution in [0.3, 0.4) is 0 Å². The van der Waals surface area contributed by atoms with Gasteiger partial charge in [-0.2, -0.15) is 9.78 Å². The highest BCUT2D eigenvalue weighted by molar-refractivity contribution is 6.58. The molecule has 0 saturated carbocycles. The molecule has 0 saturated heterocycles. The van der Waals surface area contributed by atoms with Crippen LogP contribution in [-0.4, -0.2) is 33.0 Å². The summed E-state index contributed by atoms with van der Waals surface area (Å²) in [7, 11) is -1.77. The molecule has 92 valence electrons. The standard InChI is InChI=1S/C11H11BN2O4/c15-11(14-10(12(16)17)6-7-13-14)18-8-9-4-2-1-3-5-9/h1-7,16-17H,8H2. The predicted molar refractivity (Wildman–Crippen MR) is 64.1 cm³/mol. The maximum absolute atomic E-state index is 11.7. The summed E-state index contributed by atoms with van der Waals surface area (Å²) in [4.78, 5) is 11.7. The van der Waals surface area contributed by atoms with Crippen LogP contribution in [0.1, 0.15) is 5.56 Å². The van der Waals surface area contributed by atoms with Gasteiger partial charge in [-0.3, -0.25) is 0 Å². The maximum Gasteiger partial charge on any atom is 0.508 e. The first kappa shape index (κ1) is 12.3. The zero-order valence-electron chi connectivity index (χ0n) is 9.43. The van der Waals surface area contributed by atoms with Crippen LogP contribution >= 0.6 is 0 Å². The zero-order chi connectivity index (χ0) is 13.0. The third kappa shape index (κ3) is 2.76. The van der Waals surface area contributed by atoms with E-state index < -0.39 is 13.2 Å². The highest BCUT2D eigenvalue weighted by atomic mass is 16.6. The molecule has 18 heavy (non-hydrogen) atoms. The Morgan fingerprint density at radius 1 is 1.28 bits per heavy atom. The molecule has 0 atom stereocenters. The highest BCUT2D eigenvalue weighted by Gasteiger charge is 2.21. The van der Waals surface area contributed by atoms with E-state index in [1.807, 2.05) is 30.3 Å². The summed E-state index contributed by atoms with van der Waals surface area (Å²) in [5.74, 6) is 0. The monoisotopic (exact) mass is 246 g/mol. The third-order valence-electron chi connectivity index (χ3n) is 2.31. The minimum atomic E-state index is -1.77. The molecule has 2 aromatic rings. The van der Waals surface area contributed by atoms with E-state index in [2.05, 4.69) is 5.10 Å². The lowest BCUT2D eigenvalue weighted by Crippen LogP contribution is -2.39. The smallest absolute Gasteiger partial charge is 0.443 e. The quantitative estimate of drug-likeness (QED) is 0.729. The van der Waals surface area contributed by atoms with Crippen LogP contribution < -0.4 is 5.59 Å². The summed E-state index contributed by atoms with van der Waals surface area (Å²) in [6, 6.07) is 10.5. The van der Waals surface area contributed by atoms with Crippen molar-refractivity contribution in [1.82, 2.24) is 9.78 Å². The molecule has 0 radical (unpaired) electrons. The number of ether oxygens (including phenoxy) is 1. The number of aromatic nitrogens is 2. The van der Waals surface area contributed by atoms with Crippen LogP contribution in [0.2, 0.25) is 0 Å². The van der Waals surface area contributed by atoms with E-state index in [0.29, 0.717) is 0 Å². The minimum Gasteiger partial charge on any atom is -0.443 e. The molecule has 7 heteroatoms. The van der Waals surface area contributed by atoms with Crippen molar-refractivity contribution in [1.29, 1.82) is 0 Å². The molecule has 0 unspecified atom stereocenters. The molecular formula is C11H11BN2O4. The Balaban J connectivity index is 2.02. The van der Waals surface area contributed by atoms with Gasteiger partial charge < -0.3 is 14.8 Å². The Morgan fingerprint density at radius 3 is 2.67 bits per heavy atom. The second-order valence-corrected chi connectivity index (χ2v) is 3.58. The van der Waals surface area contributed by atoms with Crippen LogP contribution in [0.15, 0.2) is 42.6 Å². The van der Waals surface area contributed by atoms with Gasteiger partial charge in [0.2, 0.25) is 0 Å². The maximum atomic E-state index is 11.7. The van der Waals surface area contributed by atoms with Crippen LogP contribution in [0, 0.1) is 0 Å². The van der Waals surface area contributed by atoms with Gasteiger partial charge in [0.25, 0.3) is 0 Å². The van der Waals surface area contributed by atoms with Gasteiger partial charge in [-0.1, -0.05) is 30.3 Å². The number of nitrogens with zero attached hydrogens (tertiary/aromatic N) is 2. The lowest BCUT2D eigenvalue weighted by Gasteiger charge is -2.07. The number of benzene rings is 1. The molecule has 1 heterocycles. The van der Waals surface area contributed by atoms with E-state index in [9.17, 15) is 4.79 Å². The molecule has 0 spiro atoms. The third-order valence-corrected chi connectivity index (χ3v) is 2.31. The van der Waals surface area contributed by atoms with Crippen molar-refractivity contribution in [3.8, 4) is 0 Å². The van der Waals surface area contributed by atoms with E-state index in [1.54, 1.807) is 0 Å². The lowest BCUT2D eigenvalue weighted by atomic mass is 9.86. The van der Waals surface area contributed by atoms with Crippen molar-refractivity contribution in [3.63, 3.8) is 0 Å². The first-order chi connectivity index (χ1) is 8.68. The van der Waals surface area contributed by atoms with Crippen molar-refractivity contribution in [2.75, 3.05) is 0 Å². The van der Waals surface area contributed by atoms with Gasteiger partial charge in [-0.15, -0.1) is 0 Å². The Morgan fingerprint density at radius 2 is 2.00 bits per heavy atom. The molecule has 0 aliphatic carbocycles. The second-order valence-electron chi connectivity index (χ2n) is 3.58. The van der Waals surface area contributed by atoms with Crippen LogP contribution in [0.25, 0.3) is 0 Å². The molecule has 0 aliphatic rings. The zero-order valence-corrected chi connectivity index (χ0v) is 9.43. The van der Waals surface area contributed by atoms with Crippen molar-refractivity contribution >= 4 is 18.8 Å². The molecule has 0 aliphatic heterocycles. The Kier molecular flexibility index (Phi) is 3.76. The number of hydrogen-bond acceptors (Lipinski definition) is 5. The topological polar surface area (TPSA) is 84.6 Å². The molecule has 0 amide bonds. The molecular weight excluding hydrogens is 235 g/mol. The number of hydrogen-bond donors (Lipinski definition) is 2. The van der Waals surface area contributed by atoms with Crippen LogP contribution in [-0.2, 0) is 11.3 Å². The largest absolute Gasteiger partial charge is 0.508 e. The molecule has 2 rings (SSSR count). The summed E-state index contributed by atoms with van der Waals surface area (Å²) in [6.45, 7) is 0.0977. The van der Waals surface area contributed by atoms with E-state index in [4.69, 9.17) is 14.8 Å². The van der Waals surface area contributed by atoms with Gasteiger partial charge in [0.15, 0.2) is 0 Å². The highest BCUT2D eigenvalue weighted by Crippen LogP contribution is 2.01. The van der Waals surface area contributed by atoms with Crippen molar-refractivity contribution in [2.45, 2.75) is 6.61 Å². The summed E-state index contributed by atoms with van der Waals surface area (Å²) in [5, 5.41) is 21.7. The van der Waals surface area contributed by atoms with Gasteiger partial charge in [0.1, 0.15) is 6.61 Å². The first-order valence-corrected chi connectivity index (χ1v) is 5.29. The number of carbonyl (C=O) groups excluding carboxylic acids is 1. The molecule has 1 aromatic heterocycles. The fourth-order valence-electron chi connectivity index (χ4n) is 1.44. The molecule has 2 N–H and O–H groups in total. The molecule has 6 nitrogen and oxygen atoms in total. The fourth-order valence-corrected chi connectivity index (χ4v) is 1.44. The molecule has 0 bridgehead atoms. The lowest BCUT2D eigenvalue weighted by molar-refractivity contribution is 0.138. The Labute approximate surface area is 104 Å². The van der Waals surface area contributed by atoms with Crippen molar-refractivity contribution < 1.29 is 19.6 Å². The molecule has 1 aromatic carbocycles. The van der Waals surface area contributed by atoms with Gasteiger partial charge in [-0.25, -0.2) is 4.79 Å². The van der Waals surface area contributed by atoms with Crippen LogP contribution in [0.4, 0.5) is 4.79 Å². The van der Waals surface area contributed by atoms with E-state index in [0.717, 1.165) is 10.2 Å². The van der Waals surface area contributed by atoms with E-state index in [1.165, 1.54) is 12.3 Å². The van der Waals surface area contributed by atoms with E-state index in [-0.39, 0.29) is 12.2 Å². The fraction of sp³-hybridized carbons (Fsp3) is 0.0909. The summed E-state index contributed by atoms with van der Waals surface area (Å²) >= 11 is 0. The van der Waals surface area contributed by atoms with Crippen molar-refractivity contribution in [3.05, 3.63) is 48.2 Å². The van der Waals surface area contributed by atoms with Gasteiger partial charge in [0, 0.05) is 6.20 Å². The minimum absolute atomic E-state index is 0.0342. The summed E-state index contributed by atoms with van der Waals surface area (Å²) in [6.07, 6.45) is 0.533. The van der Waals surface area contributed by atoms with Gasteiger partial charge in [-0.05, 0) is 11.6 Å². The SMILES string of the molecule is O=C(OCc1ccccc1)n1nccc1B(O)O. The number of rotatable bonds is 3. The van der Waals surface area contributed by atoms with Crippen LogP contribution in [0.5, 0.6) is 0 Å². The summed E-state index contributed by atoms with van der Waals surface area (Å²) < 4.78 is 5.82. The Hall–Kier alpha value is -2.12. The first-order valence-electron chi connectivity index (χ1n) is 5.29. The predicted octanol–water partition coefficient (Wildman–Crippen LogP) is -0.252. The van der Waals surface area contributed by atoms with Gasteiger partial charge in [0.05, 0.1) is 5.59 Å². The average molecular weight is 246 g/mol. The second kappa shape index (κ2) is 5.48. The van der Waals surface area contributed by atoms with E-state index >= 15 is 0 Å². The molecule has 0 fully saturated rings. The Bertz CT molecular complexity index is 527. The van der Waals surface area contributed by atoms with Crippen molar-refractivity contribution in [2.24, 2.45) is 0 Å². The van der Waals surface area contributed by atoms with Gasteiger partial charge >= 0.3 is 13.2 Å². The number of carbonyl (C=O) groups is 1. The summed E-state index contributed by atoms with van der Waals surface area (Å²) in [5.41, 5.74) is 0.803.